The fourth-order valence-corrected chi connectivity index (χ4v) is 3.14. The van der Waals surface area contributed by atoms with Crippen molar-refractivity contribution in [3.05, 3.63) is 66.2 Å². The summed E-state index contributed by atoms with van der Waals surface area (Å²) >= 11 is 0. The number of cyclic esters (lactones) is 1. The average molecular weight is 392 g/mol. The van der Waals surface area contributed by atoms with Crippen LogP contribution in [0.15, 0.2) is 60.7 Å². The molecule has 1 heterocycles. The van der Waals surface area contributed by atoms with Gasteiger partial charge in [-0.1, -0.05) is 48.5 Å². The fourth-order valence-electron chi connectivity index (χ4n) is 3.14. The van der Waals surface area contributed by atoms with Crippen molar-refractivity contribution >= 4 is 18.4 Å². The van der Waals surface area contributed by atoms with Crippen LogP contribution in [0.2, 0.25) is 0 Å². The Kier molecular flexibility index (Phi) is 8.10. The summed E-state index contributed by atoms with van der Waals surface area (Å²) in [6, 6.07) is 19.0. The lowest BCUT2D eigenvalue weighted by molar-refractivity contribution is -0.153. The molecule has 0 saturated carbocycles. The highest BCUT2D eigenvalue weighted by Crippen LogP contribution is 2.25. The van der Waals surface area contributed by atoms with Crippen molar-refractivity contribution in [1.82, 2.24) is 0 Å². The van der Waals surface area contributed by atoms with Crippen molar-refractivity contribution < 1.29 is 19.0 Å². The molecule has 4 atom stereocenters. The van der Waals surface area contributed by atoms with E-state index in [0.717, 1.165) is 11.3 Å². The predicted octanol–water partition coefficient (Wildman–Crippen LogP) is 3.00. The highest BCUT2D eigenvalue weighted by Gasteiger charge is 2.34. The van der Waals surface area contributed by atoms with Crippen LogP contribution in [0, 0.1) is 5.92 Å². The third-order valence-electron chi connectivity index (χ3n) is 4.61. The van der Waals surface area contributed by atoms with Gasteiger partial charge in [0.15, 0.2) is 0 Å². The highest BCUT2D eigenvalue weighted by atomic mass is 35.5. The van der Waals surface area contributed by atoms with Crippen LogP contribution in [0.3, 0.4) is 0 Å². The number of hydrogen-bond acceptors (Lipinski definition) is 5. The van der Waals surface area contributed by atoms with E-state index in [4.69, 9.17) is 19.9 Å². The number of hydrogen-bond donors (Lipinski definition) is 1. The predicted molar refractivity (Wildman–Crippen MR) is 106 cm³/mol. The van der Waals surface area contributed by atoms with Gasteiger partial charge in [-0.05, 0) is 31.0 Å². The minimum absolute atomic E-state index is 0. The van der Waals surface area contributed by atoms with E-state index < -0.39 is 12.0 Å². The van der Waals surface area contributed by atoms with Crippen molar-refractivity contribution in [2.45, 2.75) is 31.6 Å². The van der Waals surface area contributed by atoms with Gasteiger partial charge in [-0.15, -0.1) is 12.4 Å². The van der Waals surface area contributed by atoms with Gasteiger partial charge in [0, 0.05) is 5.92 Å². The summed E-state index contributed by atoms with van der Waals surface area (Å²) in [7, 11) is 0. The molecule has 146 valence electrons. The fraction of sp³-hybridized carbons (Fsp3) is 0.381. The molecule has 0 aromatic heterocycles. The van der Waals surface area contributed by atoms with Crippen LogP contribution in [0.25, 0.3) is 0 Å². The molecule has 1 aliphatic heterocycles. The maximum Gasteiger partial charge on any atom is 0.325 e. The number of halogens is 1. The Labute approximate surface area is 166 Å². The molecular weight excluding hydrogens is 366 g/mol. The smallest absolute Gasteiger partial charge is 0.325 e. The molecule has 0 spiro atoms. The van der Waals surface area contributed by atoms with Crippen molar-refractivity contribution in [3.8, 4) is 5.75 Å². The first-order valence-electron chi connectivity index (χ1n) is 8.93. The molecule has 3 rings (SSSR count). The van der Waals surface area contributed by atoms with E-state index in [2.05, 4.69) is 12.1 Å². The van der Waals surface area contributed by atoms with Crippen LogP contribution >= 0.6 is 12.4 Å². The van der Waals surface area contributed by atoms with Crippen molar-refractivity contribution in [2.24, 2.45) is 11.7 Å². The lowest BCUT2D eigenvalue weighted by Crippen LogP contribution is -2.41. The van der Waals surface area contributed by atoms with Crippen LogP contribution in [-0.2, 0) is 20.7 Å². The SMILES string of the molecule is C[C@@H]1OC(=O)[C@@H](N)COC[C@H](Oc2ccccc2)[C@H]1Cc1ccccc1.Cl. The van der Waals surface area contributed by atoms with Gasteiger partial charge in [-0.25, -0.2) is 0 Å². The molecule has 5 nitrogen and oxygen atoms in total. The van der Waals surface area contributed by atoms with Crippen molar-refractivity contribution in [3.63, 3.8) is 0 Å². The van der Waals surface area contributed by atoms with Gasteiger partial charge < -0.3 is 19.9 Å². The van der Waals surface area contributed by atoms with Gasteiger partial charge in [-0.2, -0.15) is 0 Å². The lowest BCUT2D eigenvalue weighted by atomic mass is 9.89. The zero-order valence-electron chi connectivity index (χ0n) is 15.3. The Bertz CT molecular complexity index is 698. The molecule has 27 heavy (non-hydrogen) atoms. The summed E-state index contributed by atoms with van der Waals surface area (Å²) in [6.07, 6.45) is 0.112. The number of carbonyl (C=O) groups is 1. The summed E-state index contributed by atoms with van der Waals surface area (Å²) in [5.74, 6) is 0.268. The third-order valence-corrected chi connectivity index (χ3v) is 4.61. The zero-order chi connectivity index (χ0) is 18.4. The second-order valence-corrected chi connectivity index (χ2v) is 6.61. The number of rotatable bonds is 4. The average Bonchev–Trinajstić information content (AvgIpc) is 2.70. The van der Waals surface area contributed by atoms with E-state index in [1.54, 1.807) is 0 Å². The number of ether oxygens (including phenoxy) is 3. The molecule has 0 aliphatic carbocycles. The van der Waals surface area contributed by atoms with Gasteiger partial charge in [0.2, 0.25) is 0 Å². The van der Waals surface area contributed by atoms with E-state index in [1.807, 2.05) is 55.5 Å². The lowest BCUT2D eigenvalue weighted by Gasteiger charge is -2.31. The van der Waals surface area contributed by atoms with Crippen molar-refractivity contribution in [2.75, 3.05) is 13.2 Å². The molecule has 2 aromatic carbocycles. The Hall–Kier alpha value is -2.08. The van der Waals surface area contributed by atoms with Crippen molar-refractivity contribution in [1.29, 1.82) is 0 Å². The van der Waals surface area contributed by atoms with E-state index in [0.29, 0.717) is 13.0 Å². The largest absolute Gasteiger partial charge is 0.488 e. The number of para-hydroxylation sites is 1. The van der Waals surface area contributed by atoms with E-state index in [9.17, 15) is 4.79 Å². The monoisotopic (exact) mass is 391 g/mol. The maximum absolute atomic E-state index is 12.1. The summed E-state index contributed by atoms with van der Waals surface area (Å²) in [5.41, 5.74) is 6.99. The zero-order valence-corrected chi connectivity index (χ0v) is 16.1. The first kappa shape index (κ1) is 21.2. The summed E-state index contributed by atoms with van der Waals surface area (Å²) in [4.78, 5) is 12.1. The maximum atomic E-state index is 12.1. The van der Waals surface area contributed by atoms with E-state index in [-0.39, 0.29) is 37.1 Å². The summed E-state index contributed by atoms with van der Waals surface area (Å²) in [5, 5.41) is 0. The van der Waals surface area contributed by atoms with Gasteiger partial charge in [-0.3, -0.25) is 4.79 Å². The number of carbonyl (C=O) groups excluding carboxylic acids is 1. The highest BCUT2D eigenvalue weighted by molar-refractivity contribution is 5.85. The van der Waals surface area contributed by atoms with Crippen LogP contribution in [0.4, 0.5) is 0 Å². The molecule has 2 N–H and O–H groups in total. The molecule has 6 heteroatoms. The Balaban J connectivity index is 0.00000261. The van der Waals surface area contributed by atoms with Gasteiger partial charge in [0.05, 0.1) is 13.2 Å². The first-order chi connectivity index (χ1) is 12.6. The Morgan fingerprint density at radius 2 is 1.67 bits per heavy atom. The molecule has 1 saturated heterocycles. The number of esters is 1. The standard InChI is InChI=1S/C21H25NO4.ClH/c1-15-18(12-16-8-4-2-5-9-16)20(26-17-10-6-3-7-11-17)14-24-13-19(22)21(23)25-15;/h2-11,15,18-20H,12-14,22H2,1H3;1H/t15-,18-,19-,20-;/m0./s1. The van der Waals surface area contributed by atoms with E-state index >= 15 is 0 Å². The normalized spacial score (nSPS) is 25.9. The molecule has 0 radical (unpaired) electrons. The van der Waals surface area contributed by atoms with Crippen LogP contribution < -0.4 is 10.5 Å². The first-order valence-corrected chi connectivity index (χ1v) is 8.93. The van der Waals surface area contributed by atoms with Crippen LogP contribution in [-0.4, -0.2) is 37.4 Å². The van der Waals surface area contributed by atoms with E-state index in [1.165, 1.54) is 0 Å². The Morgan fingerprint density at radius 1 is 1.04 bits per heavy atom. The second-order valence-electron chi connectivity index (χ2n) is 6.61. The Morgan fingerprint density at radius 3 is 2.33 bits per heavy atom. The molecular formula is C21H26ClNO4. The van der Waals surface area contributed by atoms with Gasteiger partial charge in [0.25, 0.3) is 0 Å². The number of nitrogens with two attached hydrogens (primary N) is 1. The topological polar surface area (TPSA) is 70.8 Å². The molecule has 0 unspecified atom stereocenters. The molecule has 1 fully saturated rings. The molecule has 1 aliphatic rings. The molecule has 2 aromatic rings. The molecule has 0 amide bonds. The van der Waals surface area contributed by atoms with Gasteiger partial charge >= 0.3 is 5.97 Å². The molecule has 0 bridgehead atoms. The number of benzene rings is 2. The quantitative estimate of drug-likeness (QED) is 0.811. The van der Waals surface area contributed by atoms with Crippen LogP contribution in [0.1, 0.15) is 12.5 Å². The summed E-state index contributed by atoms with van der Waals surface area (Å²) < 4.78 is 17.5. The third kappa shape index (κ3) is 5.96. The second kappa shape index (κ2) is 10.3. The minimum Gasteiger partial charge on any atom is -0.488 e. The van der Waals surface area contributed by atoms with Crippen LogP contribution in [0.5, 0.6) is 5.75 Å². The van der Waals surface area contributed by atoms with Gasteiger partial charge in [0.1, 0.15) is 24.0 Å². The minimum atomic E-state index is -0.773. The summed E-state index contributed by atoms with van der Waals surface area (Å²) in [6.45, 7) is 2.37.